The predicted octanol–water partition coefficient (Wildman–Crippen LogP) is 5.17. The summed E-state index contributed by atoms with van der Waals surface area (Å²) in [5, 5.41) is 0. The third-order valence-electron chi connectivity index (χ3n) is 2.64. The Kier molecular flexibility index (Phi) is 4.20. The van der Waals surface area contributed by atoms with Gasteiger partial charge in [-0.15, -0.1) is 11.3 Å². The first-order valence-corrected chi connectivity index (χ1v) is 7.10. The van der Waals surface area contributed by atoms with E-state index in [1.54, 1.807) is 29.4 Å². The molecular formula is C13H11BrF3NS. The predicted molar refractivity (Wildman–Crippen MR) is 75.6 cm³/mol. The summed E-state index contributed by atoms with van der Waals surface area (Å²) in [5.41, 5.74) is -0.0662. The number of alkyl halides is 3. The smallest absolute Gasteiger partial charge is 0.369 e. The van der Waals surface area contributed by atoms with E-state index in [4.69, 9.17) is 0 Å². The molecule has 1 heterocycles. The van der Waals surface area contributed by atoms with E-state index in [9.17, 15) is 13.2 Å². The summed E-state index contributed by atoms with van der Waals surface area (Å²) in [7, 11) is 1.78. The second kappa shape index (κ2) is 5.54. The molecule has 1 aromatic heterocycles. The van der Waals surface area contributed by atoms with Crippen LogP contribution >= 0.6 is 27.3 Å². The summed E-state index contributed by atoms with van der Waals surface area (Å²) >= 11 is 4.94. The van der Waals surface area contributed by atoms with Gasteiger partial charge in [0.15, 0.2) is 0 Å². The van der Waals surface area contributed by atoms with Gasteiger partial charge in [-0.3, -0.25) is 0 Å². The molecule has 0 spiro atoms. The standard InChI is InChI=1S/C13H11BrF3NS/c1-18(8-11-5-6-12(14)19-11)10-4-2-3-9(7-10)13(15,16)17/h2-7H,8H2,1H3. The van der Waals surface area contributed by atoms with Gasteiger partial charge in [0.2, 0.25) is 0 Å². The van der Waals surface area contributed by atoms with E-state index < -0.39 is 11.7 Å². The second-order valence-corrected chi connectivity index (χ2v) is 6.66. The lowest BCUT2D eigenvalue weighted by atomic mass is 10.2. The van der Waals surface area contributed by atoms with E-state index in [0.717, 1.165) is 14.7 Å². The fourth-order valence-corrected chi connectivity index (χ4v) is 3.22. The van der Waals surface area contributed by atoms with Gasteiger partial charge in [-0.2, -0.15) is 13.2 Å². The number of anilines is 1. The largest absolute Gasteiger partial charge is 0.416 e. The van der Waals surface area contributed by atoms with Crippen molar-refractivity contribution in [2.75, 3.05) is 11.9 Å². The monoisotopic (exact) mass is 349 g/mol. The lowest BCUT2D eigenvalue weighted by molar-refractivity contribution is -0.137. The van der Waals surface area contributed by atoms with Crippen molar-refractivity contribution in [2.24, 2.45) is 0 Å². The molecular weight excluding hydrogens is 339 g/mol. The van der Waals surface area contributed by atoms with Crippen molar-refractivity contribution in [3.63, 3.8) is 0 Å². The van der Waals surface area contributed by atoms with Crippen LogP contribution in [0.1, 0.15) is 10.4 Å². The van der Waals surface area contributed by atoms with Crippen LogP contribution in [0, 0.1) is 0 Å². The minimum Gasteiger partial charge on any atom is -0.369 e. The fraction of sp³-hybridized carbons (Fsp3) is 0.231. The van der Waals surface area contributed by atoms with E-state index in [1.807, 2.05) is 12.1 Å². The van der Waals surface area contributed by atoms with Crippen LogP contribution < -0.4 is 4.90 Å². The van der Waals surface area contributed by atoms with Crippen molar-refractivity contribution in [3.05, 3.63) is 50.6 Å². The first-order chi connectivity index (χ1) is 8.86. The van der Waals surface area contributed by atoms with Crippen molar-refractivity contribution in [3.8, 4) is 0 Å². The molecule has 0 unspecified atom stereocenters. The first kappa shape index (κ1) is 14.4. The molecule has 1 nitrogen and oxygen atoms in total. The lowest BCUT2D eigenvalue weighted by Gasteiger charge is -2.19. The maximum Gasteiger partial charge on any atom is 0.416 e. The van der Waals surface area contributed by atoms with Crippen LogP contribution in [-0.4, -0.2) is 7.05 Å². The number of thiophene rings is 1. The summed E-state index contributed by atoms with van der Waals surface area (Å²) in [6, 6.07) is 9.25. The number of hydrogen-bond acceptors (Lipinski definition) is 2. The number of rotatable bonds is 3. The Bertz CT molecular complexity index is 565. The van der Waals surface area contributed by atoms with Crippen molar-refractivity contribution < 1.29 is 13.2 Å². The molecule has 0 N–H and O–H groups in total. The lowest BCUT2D eigenvalue weighted by Crippen LogP contribution is -2.16. The zero-order chi connectivity index (χ0) is 14.0. The van der Waals surface area contributed by atoms with E-state index in [2.05, 4.69) is 15.9 Å². The highest BCUT2D eigenvalue weighted by Crippen LogP contribution is 2.32. The Hall–Kier alpha value is -1.01. The van der Waals surface area contributed by atoms with Gasteiger partial charge in [0.05, 0.1) is 15.9 Å². The van der Waals surface area contributed by atoms with E-state index in [-0.39, 0.29) is 0 Å². The molecule has 0 radical (unpaired) electrons. The molecule has 102 valence electrons. The zero-order valence-electron chi connectivity index (χ0n) is 10.0. The molecule has 0 aliphatic carbocycles. The molecule has 2 rings (SSSR count). The Morgan fingerprint density at radius 1 is 1.21 bits per heavy atom. The van der Waals surface area contributed by atoms with Crippen LogP contribution in [0.15, 0.2) is 40.2 Å². The fourth-order valence-electron chi connectivity index (χ4n) is 1.68. The van der Waals surface area contributed by atoms with Gasteiger partial charge in [-0.25, -0.2) is 0 Å². The number of hydrogen-bond donors (Lipinski definition) is 0. The topological polar surface area (TPSA) is 3.24 Å². The molecule has 19 heavy (non-hydrogen) atoms. The minimum atomic E-state index is -4.30. The molecule has 1 aromatic carbocycles. The van der Waals surface area contributed by atoms with Crippen LogP contribution in [0.25, 0.3) is 0 Å². The van der Waals surface area contributed by atoms with Gasteiger partial charge in [-0.1, -0.05) is 6.07 Å². The van der Waals surface area contributed by atoms with Crippen LogP contribution in [0.2, 0.25) is 0 Å². The average molecular weight is 350 g/mol. The third kappa shape index (κ3) is 3.73. The van der Waals surface area contributed by atoms with Crippen molar-refractivity contribution in [2.45, 2.75) is 12.7 Å². The number of benzene rings is 1. The third-order valence-corrected chi connectivity index (χ3v) is 4.24. The Balaban J connectivity index is 2.17. The molecule has 0 saturated heterocycles. The highest BCUT2D eigenvalue weighted by Gasteiger charge is 2.30. The second-order valence-electron chi connectivity index (χ2n) is 4.11. The quantitative estimate of drug-likeness (QED) is 0.739. The molecule has 0 aliphatic heterocycles. The van der Waals surface area contributed by atoms with Crippen LogP contribution in [0.5, 0.6) is 0 Å². The Morgan fingerprint density at radius 2 is 1.95 bits per heavy atom. The highest BCUT2D eigenvalue weighted by atomic mass is 79.9. The summed E-state index contributed by atoms with van der Waals surface area (Å²) in [4.78, 5) is 2.89. The average Bonchev–Trinajstić information content (AvgIpc) is 2.74. The molecule has 0 amide bonds. The molecule has 6 heteroatoms. The van der Waals surface area contributed by atoms with Crippen molar-refractivity contribution >= 4 is 33.0 Å². The summed E-state index contributed by atoms with van der Waals surface area (Å²) in [5.74, 6) is 0. The maximum absolute atomic E-state index is 12.6. The van der Waals surface area contributed by atoms with Crippen LogP contribution in [0.4, 0.5) is 18.9 Å². The van der Waals surface area contributed by atoms with Gasteiger partial charge in [0.25, 0.3) is 0 Å². The SMILES string of the molecule is CN(Cc1ccc(Br)s1)c1cccc(C(F)(F)F)c1. The van der Waals surface area contributed by atoms with Crippen molar-refractivity contribution in [1.29, 1.82) is 0 Å². The van der Waals surface area contributed by atoms with Gasteiger partial charge >= 0.3 is 6.18 Å². The van der Waals surface area contributed by atoms with E-state index in [1.165, 1.54) is 12.1 Å². The van der Waals surface area contributed by atoms with Gasteiger partial charge < -0.3 is 4.90 Å². The van der Waals surface area contributed by atoms with Gasteiger partial charge in [0, 0.05) is 17.6 Å². The van der Waals surface area contributed by atoms with Gasteiger partial charge in [0.1, 0.15) is 0 Å². The molecule has 0 saturated carbocycles. The van der Waals surface area contributed by atoms with E-state index >= 15 is 0 Å². The molecule has 0 bridgehead atoms. The van der Waals surface area contributed by atoms with Crippen LogP contribution in [0.3, 0.4) is 0 Å². The van der Waals surface area contributed by atoms with Crippen LogP contribution in [-0.2, 0) is 12.7 Å². The highest BCUT2D eigenvalue weighted by molar-refractivity contribution is 9.11. The molecule has 0 aliphatic rings. The minimum absolute atomic E-state index is 0.555. The van der Waals surface area contributed by atoms with Gasteiger partial charge in [-0.05, 0) is 46.3 Å². The molecule has 0 fully saturated rings. The van der Waals surface area contributed by atoms with E-state index in [0.29, 0.717) is 12.2 Å². The Labute approximate surface area is 121 Å². The van der Waals surface area contributed by atoms with Crippen molar-refractivity contribution in [1.82, 2.24) is 0 Å². The maximum atomic E-state index is 12.6. The summed E-state index contributed by atoms with van der Waals surface area (Å²) in [6.07, 6.45) is -4.30. The molecule has 0 atom stereocenters. The number of halogens is 4. The number of nitrogens with zero attached hydrogens (tertiary/aromatic N) is 1. The first-order valence-electron chi connectivity index (χ1n) is 5.49. The Morgan fingerprint density at radius 3 is 2.53 bits per heavy atom. The molecule has 2 aromatic rings. The normalized spacial score (nSPS) is 11.6. The zero-order valence-corrected chi connectivity index (χ0v) is 12.4. The summed E-state index contributed by atoms with van der Waals surface area (Å²) < 4.78 is 38.9. The summed E-state index contributed by atoms with van der Waals surface area (Å²) in [6.45, 7) is 0.581.